The minimum atomic E-state index is -0.0791. The van der Waals surface area contributed by atoms with Gasteiger partial charge in [0.15, 0.2) is 0 Å². The Hall–Kier alpha value is -1.55. The van der Waals surface area contributed by atoms with E-state index in [9.17, 15) is 4.79 Å². The van der Waals surface area contributed by atoms with Gasteiger partial charge in [0.1, 0.15) is 5.76 Å². The highest BCUT2D eigenvalue weighted by molar-refractivity contribution is 5.91. The van der Waals surface area contributed by atoms with E-state index in [0.717, 1.165) is 19.0 Å². The van der Waals surface area contributed by atoms with Crippen LogP contribution in [0.1, 0.15) is 39.4 Å². The van der Waals surface area contributed by atoms with Gasteiger partial charge >= 0.3 is 0 Å². The molecule has 0 radical (unpaired) electrons. The van der Waals surface area contributed by atoms with E-state index < -0.39 is 0 Å². The maximum Gasteiger partial charge on any atom is 0.244 e. The largest absolute Gasteiger partial charge is 0.465 e. The highest BCUT2D eigenvalue weighted by atomic mass is 16.3. The van der Waals surface area contributed by atoms with Crippen LogP contribution in [0.3, 0.4) is 0 Å². The van der Waals surface area contributed by atoms with Crippen LogP contribution in [0.5, 0.6) is 0 Å². The summed E-state index contributed by atoms with van der Waals surface area (Å²) in [6.07, 6.45) is 7.36. The number of hydrogen-bond donors (Lipinski definition) is 1. The normalized spacial score (nSPS) is 20.8. The molecule has 1 unspecified atom stereocenters. The van der Waals surface area contributed by atoms with Crippen LogP contribution < -0.4 is 5.32 Å². The third-order valence-corrected chi connectivity index (χ3v) is 4.15. The number of carbonyl (C=O) groups is 1. The molecule has 0 spiro atoms. The average molecular weight is 290 g/mol. The monoisotopic (exact) mass is 290 g/mol. The maximum absolute atomic E-state index is 11.9. The molecule has 1 fully saturated rings. The zero-order valence-corrected chi connectivity index (χ0v) is 13.3. The van der Waals surface area contributed by atoms with Gasteiger partial charge in [0.25, 0.3) is 0 Å². The molecule has 1 saturated heterocycles. The van der Waals surface area contributed by atoms with Gasteiger partial charge in [0, 0.05) is 24.7 Å². The van der Waals surface area contributed by atoms with Crippen LogP contribution >= 0.6 is 0 Å². The molecule has 4 heteroatoms. The Kier molecular flexibility index (Phi) is 5.23. The number of nitrogens with zero attached hydrogens (tertiary/aromatic N) is 1. The van der Waals surface area contributed by atoms with Gasteiger partial charge in [0.2, 0.25) is 5.91 Å². The molecule has 1 aliphatic heterocycles. The Morgan fingerprint density at radius 1 is 1.57 bits per heavy atom. The van der Waals surface area contributed by atoms with Crippen molar-refractivity contribution in [2.45, 2.75) is 39.2 Å². The van der Waals surface area contributed by atoms with E-state index in [1.807, 2.05) is 6.07 Å². The van der Waals surface area contributed by atoms with E-state index >= 15 is 0 Å². The molecule has 116 valence electrons. The summed E-state index contributed by atoms with van der Waals surface area (Å²) in [5.41, 5.74) is -0.0110. The van der Waals surface area contributed by atoms with Crippen molar-refractivity contribution in [1.29, 1.82) is 0 Å². The fourth-order valence-electron chi connectivity index (χ4n) is 2.76. The van der Waals surface area contributed by atoms with Crippen molar-refractivity contribution < 1.29 is 9.21 Å². The topological polar surface area (TPSA) is 45.5 Å². The van der Waals surface area contributed by atoms with Crippen LogP contribution in [0.4, 0.5) is 0 Å². The molecule has 1 N–H and O–H groups in total. The Bertz CT molecular complexity index is 477. The lowest BCUT2D eigenvalue weighted by Crippen LogP contribution is -2.54. The second kappa shape index (κ2) is 6.94. The van der Waals surface area contributed by atoms with E-state index in [1.54, 1.807) is 18.4 Å². The van der Waals surface area contributed by atoms with Crippen molar-refractivity contribution in [1.82, 2.24) is 10.2 Å². The van der Waals surface area contributed by atoms with Gasteiger partial charge < -0.3 is 9.73 Å². The molecule has 21 heavy (non-hydrogen) atoms. The van der Waals surface area contributed by atoms with E-state index in [4.69, 9.17) is 4.42 Å². The number of rotatable bonds is 5. The quantitative estimate of drug-likeness (QED) is 0.848. The minimum absolute atomic E-state index is 0.0110. The number of carbonyl (C=O) groups excluding carboxylic acids is 1. The predicted octanol–water partition coefficient (Wildman–Crippen LogP) is 2.92. The van der Waals surface area contributed by atoms with E-state index in [1.165, 1.54) is 18.9 Å². The summed E-state index contributed by atoms with van der Waals surface area (Å²) in [7, 11) is 0. The van der Waals surface area contributed by atoms with Crippen molar-refractivity contribution in [3.63, 3.8) is 0 Å². The number of nitrogens with one attached hydrogen (secondary N) is 1. The minimum Gasteiger partial charge on any atom is -0.465 e. The predicted molar refractivity (Wildman–Crippen MR) is 84.8 cm³/mol. The maximum atomic E-state index is 11.9. The lowest BCUT2D eigenvalue weighted by Gasteiger charge is -2.43. The number of furan rings is 1. The molecular formula is C17H26N2O2. The third-order valence-electron chi connectivity index (χ3n) is 4.15. The first-order valence-electron chi connectivity index (χ1n) is 7.72. The van der Waals surface area contributed by atoms with Gasteiger partial charge in [-0.25, -0.2) is 0 Å². The van der Waals surface area contributed by atoms with Gasteiger partial charge in [0.05, 0.1) is 6.26 Å². The van der Waals surface area contributed by atoms with Crippen LogP contribution in [0.2, 0.25) is 0 Å². The molecule has 1 aromatic rings. The summed E-state index contributed by atoms with van der Waals surface area (Å²) in [4.78, 5) is 14.4. The second-order valence-electron chi connectivity index (χ2n) is 6.57. The molecule has 1 aliphatic rings. The first-order chi connectivity index (χ1) is 9.97. The van der Waals surface area contributed by atoms with Gasteiger partial charge in [-0.15, -0.1) is 0 Å². The smallest absolute Gasteiger partial charge is 0.244 e. The molecule has 1 aromatic heterocycles. The Labute approximate surface area is 127 Å². The summed E-state index contributed by atoms with van der Waals surface area (Å²) in [6, 6.07) is 3.63. The van der Waals surface area contributed by atoms with Crippen molar-refractivity contribution in [3.8, 4) is 0 Å². The molecule has 0 saturated carbocycles. The second-order valence-corrected chi connectivity index (χ2v) is 6.57. The lowest BCUT2D eigenvalue weighted by atomic mass is 9.93. The first kappa shape index (κ1) is 15.8. The van der Waals surface area contributed by atoms with Crippen LogP contribution in [0, 0.1) is 5.92 Å². The average Bonchev–Trinajstić information content (AvgIpc) is 2.96. The van der Waals surface area contributed by atoms with Crippen molar-refractivity contribution >= 4 is 12.0 Å². The van der Waals surface area contributed by atoms with Gasteiger partial charge in [-0.1, -0.05) is 6.92 Å². The van der Waals surface area contributed by atoms with Crippen LogP contribution in [-0.2, 0) is 4.79 Å². The standard InChI is InChI=1S/C17H26N2O2/c1-14-6-4-10-19(12-14)17(2,3)13-18-16(20)9-8-15-7-5-11-21-15/h5,7-9,11,14H,4,6,10,12-13H2,1-3H3,(H,18,20). The SMILES string of the molecule is CC1CCCN(C(C)(C)CNC(=O)C=Cc2ccco2)C1. The molecular weight excluding hydrogens is 264 g/mol. The molecule has 4 nitrogen and oxygen atoms in total. The molecule has 2 heterocycles. The number of likely N-dealkylation sites (tertiary alicyclic amines) is 1. The number of hydrogen-bond acceptors (Lipinski definition) is 3. The molecule has 2 rings (SSSR count). The van der Waals surface area contributed by atoms with Crippen molar-refractivity contribution in [2.24, 2.45) is 5.92 Å². The summed E-state index contributed by atoms with van der Waals surface area (Å²) in [6.45, 7) is 9.58. The summed E-state index contributed by atoms with van der Waals surface area (Å²) >= 11 is 0. The first-order valence-corrected chi connectivity index (χ1v) is 7.72. The van der Waals surface area contributed by atoms with Crippen LogP contribution in [-0.4, -0.2) is 36.0 Å². The van der Waals surface area contributed by atoms with Crippen molar-refractivity contribution in [3.05, 3.63) is 30.2 Å². The highest BCUT2D eigenvalue weighted by Gasteiger charge is 2.30. The van der Waals surface area contributed by atoms with Gasteiger partial charge in [-0.3, -0.25) is 9.69 Å². The van der Waals surface area contributed by atoms with Gasteiger partial charge in [-0.2, -0.15) is 0 Å². The van der Waals surface area contributed by atoms with Crippen molar-refractivity contribution in [2.75, 3.05) is 19.6 Å². The zero-order chi connectivity index (χ0) is 15.3. The molecule has 0 aliphatic carbocycles. The summed E-state index contributed by atoms with van der Waals surface area (Å²) < 4.78 is 5.16. The molecule has 1 amide bonds. The van der Waals surface area contributed by atoms with Crippen LogP contribution in [0.25, 0.3) is 6.08 Å². The molecule has 1 atom stereocenters. The fourth-order valence-corrected chi connectivity index (χ4v) is 2.76. The Morgan fingerprint density at radius 2 is 2.38 bits per heavy atom. The van der Waals surface area contributed by atoms with E-state index in [0.29, 0.717) is 12.3 Å². The number of piperidine rings is 1. The van der Waals surface area contributed by atoms with Crippen LogP contribution in [0.15, 0.2) is 28.9 Å². The Balaban J connectivity index is 1.81. The molecule has 0 bridgehead atoms. The number of amides is 1. The third kappa shape index (κ3) is 4.74. The zero-order valence-electron chi connectivity index (χ0n) is 13.3. The van der Waals surface area contributed by atoms with E-state index in [2.05, 4.69) is 31.0 Å². The van der Waals surface area contributed by atoms with Gasteiger partial charge in [-0.05, 0) is 57.4 Å². The lowest BCUT2D eigenvalue weighted by molar-refractivity contribution is -0.117. The van der Waals surface area contributed by atoms with E-state index in [-0.39, 0.29) is 11.4 Å². The highest BCUT2D eigenvalue weighted by Crippen LogP contribution is 2.23. The Morgan fingerprint density at radius 3 is 3.05 bits per heavy atom. The fraction of sp³-hybridized carbons (Fsp3) is 0.588. The summed E-state index contributed by atoms with van der Waals surface area (Å²) in [5, 5.41) is 2.99. The summed E-state index contributed by atoms with van der Waals surface area (Å²) in [5.74, 6) is 1.35. The molecule has 0 aromatic carbocycles.